The Bertz CT molecular complexity index is 838. The smallest absolute Gasteiger partial charge is 0.258 e. The number of hydrogen-bond donors (Lipinski definition) is 1. The average Bonchev–Trinajstić information content (AvgIpc) is 3.16. The molecule has 0 bridgehead atoms. The van der Waals surface area contributed by atoms with E-state index in [0.717, 1.165) is 22.6 Å². The Kier molecular flexibility index (Phi) is 5.40. The van der Waals surface area contributed by atoms with E-state index in [4.69, 9.17) is 4.74 Å². The van der Waals surface area contributed by atoms with Gasteiger partial charge in [-0.1, -0.05) is 36.4 Å². The Balaban J connectivity index is 1.67. The molecule has 1 atom stereocenters. The molecule has 128 valence electrons. The molecule has 0 aliphatic heterocycles. The second-order valence-electron chi connectivity index (χ2n) is 5.29. The van der Waals surface area contributed by atoms with Crippen molar-refractivity contribution in [1.29, 1.82) is 0 Å². The Morgan fingerprint density at radius 2 is 1.84 bits per heavy atom. The van der Waals surface area contributed by atoms with Gasteiger partial charge < -0.3 is 10.1 Å². The van der Waals surface area contributed by atoms with Gasteiger partial charge in [-0.15, -0.1) is 11.3 Å². The molecule has 1 amide bonds. The first-order chi connectivity index (χ1) is 12.1. The summed E-state index contributed by atoms with van der Waals surface area (Å²) in [6.45, 7) is -0.292. The molecule has 1 heterocycles. The molecule has 0 aliphatic carbocycles. The molecular formula is C19H15F2NO2S. The standard InChI is InChI=1S/C19H15F2NO2S/c20-15-9-8-14(11-16(15)21)24-12-18(23)22-19(17-7-4-10-25-17)13-5-2-1-3-6-13/h1-11,19H,12H2,(H,22,23)/t19-/m1/s1. The predicted octanol–water partition coefficient (Wildman–Crippen LogP) is 4.31. The van der Waals surface area contributed by atoms with Crippen LogP contribution in [-0.4, -0.2) is 12.5 Å². The summed E-state index contributed by atoms with van der Waals surface area (Å²) in [6, 6.07) is 16.3. The van der Waals surface area contributed by atoms with Crippen LogP contribution in [0, 0.1) is 11.6 Å². The first kappa shape index (κ1) is 17.1. The lowest BCUT2D eigenvalue weighted by atomic mass is 10.1. The highest BCUT2D eigenvalue weighted by Crippen LogP contribution is 2.25. The van der Waals surface area contributed by atoms with E-state index in [9.17, 15) is 13.6 Å². The molecule has 1 N–H and O–H groups in total. The minimum Gasteiger partial charge on any atom is -0.484 e. The molecule has 3 aromatic rings. The Hall–Kier alpha value is -2.73. The van der Waals surface area contributed by atoms with E-state index in [0.29, 0.717) is 0 Å². The summed E-state index contributed by atoms with van der Waals surface area (Å²) in [5.74, 6) is -2.23. The van der Waals surface area contributed by atoms with Crippen molar-refractivity contribution in [2.45, 2.75) is 6.04 Å². The van der Waals surface area contributed by atoms with E-state index in [-0.39, 0.29) is 24.3 Å². The quantitative estimate of drug-likeness (QED) is 0.712. The van der Waals surface area contributed by atoms with Crippen LogP contribution in [0.1, 0.15) is 16.5 Å². The Morgan fingerprint density at radius 1 is 1.04 bits per heavy atom. The third kappa shape index (κ3) is 4.42. The average molecular weight is 359 g/mol. The van der Waals surface area contributed by atoms with E-state index in [1.807, 2.05) is 47.8 Å². The number of benzene rings is 2. The molecular weight excluding hydrogens is 344 g/mol. The molecule has 0 spiro atoms. The van der Waals surface area contributed by atoms with E-state index < -0.39 is 11.6 Å². The van der Waals surface area contributed by atoms with Crippen molar-refractivity contribution in [1.82, 2.24) is 5.32 Å². The molecule has 1 aromatic heterocycles. The highest BCUT2D eigenvalue weighted by Gasteiger charge is 2.18. The zero-order valence-electron chi connectivity index (χ0n) is 13.1. The number of nitrogens with one attached hydrogen (secondary N) is 1. The van der Waals surface area contributed by atoms with Crippen LogP contribution in [-0.2, 0) is 4.79 Å². The van der Waals surface area contributed by atoms with Crippen molar-refractivity contribution in [2.75, 3.05) is 6.61 Å². The monoisotopic (exact) mass is 359 g/mol. The normalized spacial score (nSPS) is 11.8. The second-order valence-corrected chi connectivity index (χ2v) is 6.27. The Morgan fingerprint density at radius 3 is 2.52 bits per heavy atom. The van der Waals surface area contributed by atoms with Gasteiger partial charge in [-0.2, -0.15) is 0 Å². The third-order valence-electron chi connectivity index (χ3n) is 3.53. The minimum absolute atomic E-state index is 0.0986. The van der Waals surface area contributed by atoms with Crippen molar-refractivity contribution >= 4 is 17.2 Å². The van der Waals surface area contributed by atoms with E-state index in [2.05, 4.69) is 5.32 Å². The molecule has 0 fully saturated rings. The summed E-state index contributed by atoms with van der Waals surface area (Å²) in [5.41, 5.74) is 0.950. The van der Waals surface area contributed by atoms with Gasteiger partial charge in [-0.3, -0.25) is 4.79 Å². The minimum atomic E-state index is -1.02. The number of carbonyl (C=O) groups excluding carboxylic acids is 1. The lowest BCUT2D eigenvalue weighted by molar-refractivity contribution is -0.123. The molecule has 0 saturated carbocycles. The number of rotatable bonds is 6. The molecule has 3 nitrogen and oxygen atoms in total. The van der Waals surface area contributed by atoms with Gasteiger partial charge in [0.1, 0.15) is 5.75 Å². The van der Waals surface area contributed by atoms with Gasteiger partial charge in [0.15, 0.2) is 18.2 Å². The van der Waals surface area contributed by atoms with Crippen molar-refractivity contribution in [3.05, 3.63) is 88.1 Å². The maximum atomic E-state index is 13.2. The summed E-state index contributed by atoms with van der Waals surface area (Å²) in [4.78, 5) is 13.2. The molecule has 25 heavy (non-hydrogen) atoms. The lowest BCUT2D eigenvalue weighted by Gasteiger charge is -2.18. The fourth-order valence-electron chi connectivity index (χ4n) is 2.34. The molecule has 0 saturated heterocycles. The maximum absolute atomic E-state index is 13.2. The highest BCUT2D eigenvalue weighted by molar-refractivity contribution is 7.10. The van der Waals surface area contributed by atoms with Crippen molar-refractivity contribution in [3.8, 4) is 5.75 Å². The summed E-state index contributed by atoms with van der Waals surface area (Å²) in [6.07, 6.45) is 0. The van der Waals surface area contributed by atoms with Crippen molar-refractivity contribution < 1.29 is 18.3 Å². The van der Waals surface area contributed by atoms with Crippen LogP contribution in [0.3, 0.4) is 0 Å². The maximum Gasteiger partial charge on any atom is 0.258 e. The van der Waals surface area contributed by atoms with Gasteiger partial charge in [-0.25, -0.2) is 8.78 Å². The molecule has 0 radical (unpaired) electrons. The fraction of sp³-hybridized carbons (Fsp3) is 0.105. The van der Waals surface area contributed by atoms with E-state index >= 15 is 0 Å². The third-order valence-corrected chi connectivity index (χ3v) is 4.46. The molecule has 6 heteroatoms. The molecule has 0 aliphatic rings. The SMILES string of the molecule is O=C(COc1ccc(F)c(F)c1)N[C@H](c1ccccc1)c1cccs1. The summed E-state index contributed by atoms with van der Waals surface area (Å²) in [7, 11) is 0. The van der Waals surface area contributed by atoms with Crippen LogP contribution in [0.15, 0.2) is 66.0 Å². The van der Waals surface area contributed by atoms with Gasteiger partial charge in [0.25, 0.3) is 5.91 Å². The van der Waals surface area contributed by atoms with E-state index in [1.165, 1.54) is 17.4 Å². The second kappa shape index (κ2) is 7.90. The molecule has 2 aromatic carbocycles. The number of amides is 1. The number of halogens is 2. The number of ether oxygens (including phenoxy) is 1. The largest absolute Gasteiger partial charge is 0.484 e. The fourth-order valence-corrected chi connectivity index (χ4v) is 3.14. The van der Waals surface area contributed by atoms with Gasteiger partial charge in [0.2, 0.25) is 0 Å². The molecule has 0 unspecified atom stereocenters. The molecule has 3 rings (SSSR count). The number of carbonyl (C=O) groups is 1. The topological polar surface area (TPSA) is 38.3 Å². The van der Waals surface area contributed by atoms with Gasteiger partial charge in [-0.05, 0) is 29.1 Å². The zero-order chi connectivity index (χ0) is 17.6. The van der Waals surface area contributed by atoms with Gasteiger partial charge in [0.05, 0.1) is 6.04 Å². The van der Waals surface area contributed by atoms with Crippen LogP contribution in [0.5, 0.6) is 5.75 Å². The van der Waals surface area contributed by atoms with Crippen LogP contribution < -0.4 is 10.1 Å². The number of thiophene rings is 1. The first-order valence-electron chi connectivity index (χ1n) is 7.59. The van der Waals surface area contributed by atoms with Gasteiger partial charge in [0, 0.05) is 10.9 Å². The van der Waals surface area contributed by atoms with Crippen LogP contribution in [0.25, 0.3) is 0 Å². The van der Waals surface area contributed by atoms with Crippen LogP contribution in [0.2, 0.25) is 0 Å². The Labute approximate surface area is 147 Å². The summed E-state index contributed by atoms with van der Waals surface area (Å²) in [5, 5.41) is 4.85. The summed E-state index contributed by atoms with van der Waals surface area (Å²) >= 11 is 1.54. The van der Waals surface area contributed by atoms with Gasteiger partial charge >= 0.3 is 0 Å². The zero-order valence-corrected chi connectivity index (χ0v) is 13.9. The lowest BCUT2D eigenvalue weighted by Crippen LogP contribution is -2.32. The predicted molar refractivity (Wildman–Crippen MR) is 92.6 cm³/mol. The summed E-state index contributed by atoms with van der Waals surface area (Å²) < 4.78 is 31.3. The highest BCUT2D eigenvalue weighted by atomic mass is 32.1. The van der Waals surface area contributed by atoms with E-state index in [1.54, 1.807) is 0 Å². The van der Waals surface area contributed by atoms with Crippen molar-refractivity contribution in [3.63, 3.8) is 0 Å². The van der Waals surface area contributed by atoms with Crippen LogP contribution in [0.4, 0.5) is 8.78 Å². The van der Waals surface area contributed by atoms with Crippen LogP contribution >= 0.6 is 11.3 Å². The number of hydrogen-bond acceptors (Lipinski definition) is 3. The first-order valence-corrected chi connectivity index (χ1v) is 8.47. The van der Waals surface area contributed by atoms with Crippen molar-refractivity contribution in [2.24, 2.45) is 0 Å².